The second-order valence-corrected chi connectivity index (χ2v) is 4.57. The molecule has 1 aromatic heterocycles. The Labute approximate surface area is 123 Å². The van der Waals surface area contributed by atoms with Gasteiger partial charge in [0.15, 0.2) is 0 Å². The van der Waals surface area contributed by atoms with Crippen LogP contribution >= 0.6 is 0 Å². The zero-order valence-electron chi connectivity index (χ0n) is 11.5. The van der Waals surface area contributed by atoms with Crippen LogP contribution in [0.1, 0.15) is 17.5 Å². The van der Waals surface area contributed by atoms with Gasteiger partial charge in [-0.1, -0.05) is 6.07 Å². The minimum absolute atomic E-state index is 0.409. The molecular weight excluding hydrogens is 262 g/mol. The second kappa shape index (κ2) is 6.93. The molecule has 2 N–H and O–H groups in total. The van der Waals surface area contributed by atoms with E-state index in [1.165, 1.54) is 0 Å². The first-order chi connectivity index (χ1) is 10.2. The van der Waals surface area contributed by atoms with Crippen LogP contribution in [0.3, 0.4) is 0 Å². The predicted molar refractivity (Wildman–Crippen MR) is 81.1 cm³/mol. The molecular formula is C16H15N5. The molecule has 0 aliphatic carbocycles. The smallest absolute Gasteiger partial charge is 0.101 e. The minimum atomic E-state index is 0.409. The van der Waals surface area contributed by atoms with Crippen LogP contribution in [0.25, 0.3) is 0 Å². The van der Waals surface area contributed by atoms with Gasteiger partial charge in [-0.2, -0.15) is 10.5 Å². The number of aromatic nitrogens is 1. The number of nitrogen functional groups attached to an aromatic ring is 1. The fourth-order valence-corrected chi connectivity index (χ4v) is 2.03. The zero-order valence-corrected chi connectivity index (χ0v) is 11.5. The summed E-state index contributed by atoms with van der Waals surface area (Å²) in [7, 11) is 0. The van der Waals surface area contributed by atoms with Gasteiger partial charge in [-0.05, 0) is 29.8 Å². The lowest BCUT2D eigenvalue weighted by atomic mass is 10.1. The van der Waals surface area contributed by atoms with Crippen LogP contribution in [0.5, 0.6) is 0 Å². The fourth-order valence-electron chi connectivity index (χ4n) is 2.03. The van der Waals surface area contributed by atoms with Crippen molar-refractivity contribution in [2.75, 3.05) is 17.2 Å². The summed E-state index contributed by atoms with van der Waals surface area (Å²) in [6.07, 6.45) is 3.93. The number of benzene rings is 1. The van der Waals surface area contributed by atoms with Crippen LogP contribution in [-0.4, -0.2) is 11.5 Å². The van der Waals surface area contributed by atoms with Crippen LogP contribution in [0, 0.1) is 22.7 Å². The number of hydrogen-bond acceptors (Lipinski definition) is 5. The number of pyridine rings is 1. The second-order valence-electron chi connectivity index (χ2n) is 4.57. The van der Waals surface area contributed by atoms with Gasteiger partial charge in [0.05, 0.1) is 18.1 Å². The van der Waals surface area contributed by atoms with E-state index in [0.717, 1.165) is 11.3 Å². The highest BCUT2D eigenvalue weighted by atomic mass is 15.1. The Morgan fingerprint density at radius 3 is 2.76 bits per heavy atom. The molecule has 5 nitrogen and oxygen atoms in total. The van der Waals surface area contributed by atoms with Gasteiger partial charge in [-0.3, -0.25) is 4.98 Å². The van der Waals surface area contributed by atoms with Gasteiger partial charge in [0, 0.05) is 36.9 Å². The van der Waals surface area contributed by atoms with Crippen LogP contribution in [0.4, 0.5) is 11.4 Å². The molecule has 0 spiro atoms. The molecule has 0 aliphatic heterocycles. The van der Waals surface area contributed by atoms with E-state index in [1.807, 2.05) is 23.1 Å². The third-order valence-electron chi connectivity index (χ3n) is 3.11. The average molecular weight is 277 g/mol. The van der Waals surface area contributed by atoms with Crippen molar-refractivity contribution < 1.29 is 0 Å². The molecule has 0 atom stereocenters. The predicted octanol–water partition coefficient (Wildman–Crippen LogP) is 2.46. The lowest BCUT2D eigenvalue weighted by Crippen LogP contribution is -2.23. The number of nitrogens with zero attached hydrogens (tertiary/aromatic N) is 4. The maximum Gasteiger partial charge on any atom is 0.101 e. The van der Waals surface area contributed by atoms with Gasteiger partial charge in [0.25, 0.3) is 0 Å². The molecule has 0 fully saturated rings. The van der Waals surface area contributed by atoms with Crippen molar-refractivity contribution in [2.24, 2.45) is 0 Å². The van der Waals surface area contributed by atoms with E-state index in [2.05, 4.69) is 17.1 Å². The normalized spacial score (nSPS) is 9.62. The Bertz CT molecular complexity index is 682. The maximum atomic E-state index is 9.08. The summed E-state index contributed by atoms with van der Waals surface area (Å²) in [5, 5.41) is 17.9. The number of rotatable bonds is 5. The Morgan fingerprint density at radius 1 is 1.24 bits per heavy atom. The third-order valence-corrected chi connectivity index (χ3v) is 3.11. The number of nitrogens with two attached hydrogens (primary N) is 1. The Morgan fingerprint density at radius 2 is 2.10 bits per heavy atom. The minimum Gasteiger partial charge on any atom is -0.398 e. The molecule has 0 radical (unpaired) electrons. The van der Waals surface area contributed by atoms with E-state index >= 15 is 0 Å². The first-order valence-corrected chi connectivity index (χ1v) is 6.55. The summed E-state index contributed by atoms with van der Waals surface area (Å²) < 4.78 is 0. The number of nitriles is 2. The molecule has 0 aliphatic rings. The summed E-state index contributed by atoms with van der Waals surface area (Å²) in [6, 6.07) is 13.4. The SMILES string of the molecule is N#CCCN(Cc1cccnc1)c1ccc(N)c(C#N)c1. The first-order valence-electron chi connectivity index (χ1n) is 6.55. The fraction of sp³-hybridized carbons (Fsp3) is 0.188. The van der Waals surface area contributed by atoms with Crippen LogP contribution in [0.15, 0.2) is 42.7 Å². The lowest BCUT2D eigenvalue weighted by Gasteiger charge is -2.24. The quantitative estimate of drug-likeness (QED) is 0.848. The first kappa shape index (κ1) is 14.4. The van der Waals surface area contributed by atoms with Crippen molar-refractivity contribution in [3.05, 3.63) is 53.9 Å². The van der Waals surface area contributed by atoms with Gasteiger partial charge >= 0.3 is 0 Å². The Balaban J connectivity index is 2.28. The van der Waals surface area contributed by atoms with E-state index in [4.69, 9.17) is 16.3 Å². The summed E-state index contributed by atoms with van der Waals surface area (Å²) in [5.74, 6) is 0. The highest BCUT2D eigenvalue weighted by Crippen LogP contribution is 2.22. The highest BCUT2D eigenvalue weighted by molar-refractivity contribution is 5.62. The topological polar surface area (TPSA) is 89.7 Å². The van der Waals surface area contributed by atoms with E-state index in [1.54, 1.807) is 24.5 Å². The van der Waals surface area contributed by atoms with Gasteiger partial charge in [0.1, 0.15) is 6.07 Å². The van der Waals surface area contributed by atoms with Crippen molar-refractivity contribution in [1.29, 1.82) is 10.5 Å². The third kappa shape index (κ3) is 3.71. The lowest BCUT2D eigenvalue weighted by molar-refractivity contribution is 0.795. The molecule has 0 unspecified atom stereocenters. The van der Waals surface area contributed by atoms with Gasteiger partial charge in [-0.15, -0.1) is 0 Å². The molecule has 1 aromatic carbocycles. The molecule has 5 heteroatoms. The van der Waals surface area contributed by atoms with Gasteiger partial charge in [0.2, 0.25) is 0 Å². The molecule has 0 saturated carbocycles. The van der Waals surface area contributed by atoms with Crippen LogP contribution in [-0.2, 0) is 6.54 Å². The van der Waals surface area contributed by atoms with Crippen molar-refractivity contribution in [1.82, 2.24) is 4.98 Å². The standard InChI is InChI=1S/C16H15N5/c17-6-2-8-21(12-13-3-1-7-20-11-13)15-4-5-16(19)14(9-15)10-18/h1,3-5,7,9,11H,2,8,12,19H2. The molecule has 21 heavy (non-hydrogen) atoms. The summed E-state index contributed by atoms with van der Waals surface area (Å²) in [4.78, 5) is 6.14. The summed E-state index contributed by atoms with van der Waals surface area (Å²) >= 11 is 0. The zero-order chi connectivity index (χ0) is 15.1. The van der Waals surface area contributed by atoms with Crippen molar-refractivity contribution in [3.63, 3.8) is 0 Å². The summed E-state index contributed by atoms with van der Waals surface area (Å²) in [6.45, 7) is 1.21. The van der Waals surface area contributed by atoms with E-state index in [9.17, 15) is 0 Å². The van der Waals surface area contributed by atoms with E-state index in [-0.39, 0.29) is 0 Å². The Hall–Kier alpha value is -3.05. The largest absolute Gasteiger partial charge is 0.398 e. The Kier molecular flexibility index (Phi) is 4.74. The molecule has 104 valence electrons. The monoisotopic (exact) mass is 277 g/mol. The highest BCUT2D eigenvalue weighted by Gasteiger charge is 2.09. The molecule has 2 aromatic rings. The summed E-state index contributed by atoms with van der Waals surface area (Å²) in [5.41, 5.74) is 8.58. The van der Waals surface area contributed by atoms with Crippen LogP contribution in [0.2, 0.25) is 0 Å². The molecule has 0 amide bonds. The van der Waals surface area contributed by atoms with Crippen molar-refractivity contribution >= 4 is 11.4 Å². The van der Waals surface area contributed by atoms with E-state index in [0.29, 0.717) is 30.8 Å². The van der Waals surface area contributed by atoms with Crippen molar-refractivity contribution in [2.45, 2.75) is 13.0 Å². The molecule has 1 heterocycles. The molecule has 2 rings (SSSR count). The number of anilines is 2. The van der Waals surface area contributed by atoms with Crippen molar-refractivity contribution in [3.8, 4) is 12.1 Å². The van der Waals surface area contributed by atoms with Gasteiger partial charge in [-0.25, -0.2) is 0 Å². The maximum absolute atomic E-state index is 9.08. The van der Waals surface area contributed by atoms with Crippen LogP contribution < -0.4 is 10.6 Å². The molecule has 0 bridgehead atoms. The molecule has 0 saturated heterocycles. The average Bonchev–Trinajstić information content (AvgIpc) is 2.53. The van der Waals surface area contributed by atoms with E-state index < -0.39 is 0 Å². The van der Waals surface area contributed by atoms with Gasteiger partial charge < -0.3 is 10.6 Å². The number of hydrogen-bond donors (Lipinski definition) is 1.